The summed E-state index contributed by atoms with van der Waals surface area (Å²) in [6, 6.07) is 6.36. The summed E-state index contributed by atoms with van der Waals surface area (Å²) in [7, 11) is 4.02. The van der Waals surface area contributed by atoms with Crippen molar-refractivity contribution in [3.63, 3.8) is 0 Å². The smallest absolute Gasteiger partial charge is 0.123 e. The maximum atomic E-state index is 9.36. The molecule has 1 heterocycles. The first-order valence-corrected chi connectivity index (χ1v) is 8.41. The third-order valence-electron chi connectivity index (χ3n) is 4.25. The Balaban J connectivity index is 2.06. The zero-order chi connectivity index (χ0) is 17.5. The van der Waals surface area contributed by atoms with Gasteiger partial charge >= 0.3 is 0 Å². The quantitative estimate of drug-likeness (QED) is 0.805. The molecule has 3 N–H and O–H groups in total. The lowest BCUT2D eigenvalue weighted by atomic mass is 9.90. The van der Waals surface area contributed by atoms with Gasteiger partial charge in [-0.1, -0.05) is 5.57 Å². The van der Waals surface area contributed by atoms with E-state index in [0.717, 1.165) is 49.3 Å². The van der Waals surface area contributed by atoms with Gasteiger partial charge in [-0.2, -0.15) is 5.26 Å². The highest BCUT2D eigenvalue weighted by Gasteiger charge is 2.17. The van der Waals surface area contributed by atoms with Crippen molar-refractivity contribution in [3.8, 4) is 6.07 Å². The van der Waals surface area contributed by atoms with Crippen LogP contribution in [0, 0.1) is 24.2 Å². The highest BCUT2D eigenvalue weighted by Crippen LogP contribution is 2.27. The molecule has 128 valence electrons. The largest absolute Gasteiger partial charge is 0.384 e. The number of anilines is 1. The van der Waals surface area contributed by atoms with Gasteiger partial charge in [0.2, 0.25) is 0 Å². The van der Waals surface area contributed by atoms with Gasteiger partial charge in [0, 0.05) is 31.5 Å². The first-order chi connectivity index (χ1) is 11.5. The number of pyridine rings is 1. The predicted molar refractivity (Wildman–Crippen MR) is 98.2 cm³/mol. The van der Waals surface area contributed by atoms with Crippen LogP contribution in [0.1, 0.15) is 24.1 Å². The molecule has 1 aliphatic rings. The molecule has 0 amide bonds. The fourth-order valence-corrected chi connectivity index (χ4v) is 2.95. The van der Waals surface area contributed by atoms with Gasteiger partial charge in [-0.15, -0.1) is 0 Å². The van der Waals surface area contributed by atoms with E-state index in [1.165, 1.54) is 5.57 Å². The number of aromatic nitrogens is 1. The Morgan fingerprint density at radius 2 is 2.21 bits per heavy atom. The van der Waals surface area contributed by atoms with E-state index in [2.05, 4.69) is 46.5 Å². The minimum atomic E-state index is -0.0485. The van der Waals surface area contributed by atoms with Crippen molar-refractivity contribution >= 4 is 5.82 Å². The molecule has 0 bridgehead atoms. The van der Waals surface area contributed by atoms with Crippen LogP contribution in [0.5, 0.6) is 0 Å². The molecule has 0 saturated carbocycles. The Morgan fingerprint density at radius 3 is 2.88 bits per heavy atom. The molecule has 24 heavy (non-hydrogen) atoms. The Morgan fingerprint density at radius 1 is 1.42 bits per heavy atom. The zero-order valence-electron chi connectivity index (χ0n) is 14.8. The second kappa shape index (κ2) is 8.51. The lowest BCUT2D eigenvalue weighted by Gasteiger charge is -2.26. The van der Waals surface area contributed by atoms with Crippen LogP contribution in [-0.4, -0.2) is 37.1 Å². The SMILES string of the molecule is CNCCN(C)C1=CC(C#N)CC(CCc2cc(C)cc(N)n2)=C1. The normalized spacial score (nSPS) is 17.0. The molecular formula is C19H27N5. The van der Waals surface area contributed by atoms with E-state index >= 15 is 0 Å². The number of nitriles is 1. The molecule has 1 unspecified atom stereocenters. The van der Waals surface area contributed by atoms with Crippen molar-refractivity contribution in [2.24, 2.45) is 5.92 Å². The highest BCUT2D eigenvalue weighted by molar-refractivity contribution is 5.35. The molecular weight excluding hydrogens is 298 g/mol. The Labute approximate surface area is 144 Å². The molecule has 1 aromatic rings. The van der Waals surface area contributed by atoms with Crippen molar-refractivity contribution in [1.82, 2.24) is 15.2 Å². The fraction of sp³-hybridized carbons (Fsp3) is 0.474. The zero-order valence-corrected chi connectivity index (χ0v) is 14.8. The van der Waals surface area contributed by atoms with Crippen LogP contribution in [0.2, 0.25) is 0 Å². The Bertz CT molecular complexity index is 649. The van der Waals surface area contributed by atoms with Crippen LogP contribution < -0.4 is 11.1 Å². The number of hydrogen-bond donors (Lipinski definition) is 2. The van der Waals surface area contributed by atoms with Crippen LogP contribution in [0.4, 0.5) is 5.82 Å². The summed E-state index contributed by atoms with van der Waals surface area (Å²) in [5, 5.41) is 12.5. The topological polar surface area (TPSA) is 78.0 Å². The van der Waals surface area contributed by atoms with Gasteiger partial charge in [-0.25, -0.2) is 4.98 Å². The van der Waals surface area contributed by atoms with Gasteiger partial charge < -0.3 is 16.0 Å². The van der Waals surface area contributed by atoms with E-state index in [1.54, 1.807) is 0 Å². The molecule has 2 rings (SSSR count). The number of aryl methyl sites for hydroxylation is 2. The molecule has 5 heteroatoms. The predicted octanol–water partition coefficient (Wildman–Crippen LogP) is 2.41. The van der Waals surface area contributed by atoms with Crippen LogP contribution in [0.25, 0.3) is 0 Å². The van der Waals surface area contributed by atoms with Crippen molar-refractivity contribution in [1.29, 1.82) is 5.26 Å². The molecule has 1 atom stereocenters. The number of likely N-dealkylation sites (N-methyl/N-ethyl adjacent to an activating group) is 2. The van der Waals surface area contributed by atoms with Crippen molar-refractivity contribution in [2.75, 3.05) is 32.9 Å². The molecule has 0 saturated heterocycles. The van der Waals surface area contributed by atoms with E-state index in [1.807, 2.05) is 20.0 Å². The first kappa shape index (κ1) is 18.0. The highest BCUT2D eigenvalue weighted by atomic mass is 15.1. The van der Waals surface area contributed by atoms with Crippen LogP contribution in [0.15, 0.2) is 35.6 Å². The van der Waals surface area contributed by atoms with Crippen LogP contribution in [0.3, 0.4) is 0 Å². The van der Waals surface area contributed by atoms with Crippen molar-refractivity contribution < 1.29 is 0 Å². The van der Waals surface area contributed by atoms with Gasteiger partial charge in [-0.3, -0.25) is 0 Å². The minimum absolute atomic E-state index is 0.0485. The second-order valence-corrected chi connectivity index (χ2v) is 6.42. The van der Waals surface area contributed by atoms with Gasteiger partial charge in [0.05, 0.1) is 12.0 Å². The molecule has 0 radical (unpaired) electrons. The number of nitrogens with zero attached hydrogens (tertiary/aromatic N) is 3. The summed E-state index contributed by atoms with van der Waals surface area (Å²) in [5.74, 6) is 0.525. The van der Waals surface area contributed by atoms with E-state index < -0.39 is 0 Å². The van der Waals surface area contributed by atoms with Crippen LogP contribution in [-0.2, 0) is 6.42 Å². The first-order valence-electron chi connectivity index (χ1n) is 8.41. The molecule has 1 aliphatic carbocycles. The maximum absolute atomic E-state index is 9.36. The molecule has 0 aromatic carbocycles. The van der Waals surface area contributed by atoms with Gasteiger partial charge in [0.25, 0.3) is 0 Å². The Hall–Kier alpha value is -2.32. The van der Waals surface area contributed by atoms with Crippen molar-refractivity contribution in [3.05, 3.63) is 46.8 Å². The average molecular weight is 325 g/mol. The lowest BCUT2D eigenvalue weighted by molar-refractivity contribution is 0.419. The second-order valence-electron chi connectivity index (χ2n) is 6.42. The monoisotopic (exact) mass is 325 g/mol. The van der Waals surface area contributed by atoms with Gasteiger partial charge in [0.15, 0.2) is 0 Å². The number of rotatable bonds is 7. The summed E-state index contributed by atoms with van der Waals surface area (Å²) in [4.78, 5) is 6.60. The standard InChI is InChI=1S/C19H27N5/c1-14-8-17(23-19(21)9-14)5-4-15-10-16(13-20)12-18(11-15)24(3)7-6-22-2/h8-9,11-12,16,22H,4-7,10H2,1-3H3,(H2,21,23). The molecule has 0 fully saturated rings. The number of nitrogen functional groups attached to an aromatic ring is 1. The lowest BCUT2D eigenvalue weighted by Crippen LogP contribution is -2.27. The Kier molecular flexibility index (Phi) is 6.39. The average Bonchev–Trinajstić information content (AvgIpc) is 2.56. The summed E-state index contributed by atoms with van der Waals surface area (Å²) >= 11 is 0. The molecule has 5 nitrogen and oxygen atoms in total. The number of allylic oxidation sites excluding steroid dienone is 3. The number of hydrogen-bond acceptors (Lipinski definition) is 5. The van der Waals surface area contributed by atoms with E-state index in [9.17, 15) is 5.26 Å². The summed E-state index contributed by atoms with van der Waals surface area (Å²) in [6.07, 6.45) is 6.86. The summed E-state index contributed by atoms with van der Waals surface area (Å²) < 4.78 is 0. The summed E-state index contributed by atoms with van der Waals surface area (Å²) in [6.45, 7) is 3.87. The fourth-order valence-electron chi connectivity index (χ4n) is 2.95. The molecule has 1 aromatic heterocycles. The maximum Gasteiger partial charge on any atom is 0.123 e. The van der Waals surface area contributed by atoms with E-state index in [0.29, 0.717) is 5.82 Å². The minimum Gasteiger partial charge on any atom is -0.384 e. The number of nitrogens with one attached hydrogen (secondary N) is 1. The van der Waals surface area contributed by atoms with Crippen molar-refractivity contribution in [2.45, 2.75) is 26.2 Å². The van der Waals surface area contributed by atoms with Crippen LogP contribution >= 0.6 is 0 Å². The van der Waals surface area contributed by atoms with Gasteiger partial charge in [0.1, 0.15) is 5.82 Å². The number of nitrogens with two attached hydrogens (primary N) is 1. The summed E-state index contributed by atoms with van der Waals surface area (Å²) in [5.41, 5.74) is 10.4. The molecule has 0 aliphatic heterocycles. The van der Waals surface area contributed by atoms with Gasteiger partial charge in [-0.05, 0) is 63.1 Å². The third kappa shape index (κ3) is 5.10. The third-order valence-corrected chi connectivity index (χ3v) is 4.25. The van der Waals surface area contributed by atoms with E-state index in [-0.39, 0.29) is 5.92 Å². The van der Waals surface area contributed by atoms with E-state index in [4.69, 9.17) is 5.73 Å². The molecule has 0 spiro atoms.